The first-order valence-electron chi connectivity index (χ1n) is 29.8. The highest BCUT2D eigenvalue weighted by atomic mass is 28.4. The van der Waals surface area contributed by atoms with Crippen LogP contribution < -0.4 is 20.7 Å². The third kappa shape index (κ3) is 12.9. The van der Waals surface area contributed by atoms with Gasteiger partial charge in [-0.25, -0.2) is 0 Å². The lowest BCUT2D eigenvalue weighted by Crippen LogP contribution is -2.70. The molecule has 0 spiro atoms. The fourth-order valence-electron chi connectivity index (χ4n) is 13.9. The summed E-state index contributed by atoms with van der Waals surface area (Å²) in [6, 6.07) is 47.1. The second kappa shape index (κ2) is 26.1. The summed E-state index contributed by atoms with van der Waals surface area (Å²) in [5.41, 5.74) is 2.25. The van der Waals surface area contributed by atoms with Crippen LogP contribution in [0.5, 0.6) is 0 Å². The smallest absolute Gasteiger partial charge is 0.261 e. The van der Waals surface area contributed by atoms with E-state index in [1.54, 1.807) is 6.08 Å². The molecule has 0 aromatic heterocycles. The molecule has 0 saturated carbocycles. The van der Waals surface area contributed by atoms with Gasteiger partial charge in [-0.2, -0.15) is 0 Å². The zero-order valence-corrected chi connectivity index (χ0v) is 52.3. The normalized spacial score (nSPS) is 28.5. The lowest BCUT2D eigenvalue weighted by Gasteiger charge is -2.55. The topological polar surface area (TPSA) is 84.8 Å². The Morgan fingerprint density at radius 1 is 0.615 bits per heavy atom. The summed E-state index contributed by atoms with van der Waals surface area (Å²) in [5.74, 6) is 0.321. The maximum Gasteiger partial charge on any atom is 0.261 e. The van der Waals surface area contributed by atoms with Crippen molar-refractivity contribution in [3.63, 3.8) is 0 Å². The Bertz CT molecular complexity index is 2460. The highest BCUT2D eigenvalue weighted by Crippen LogP contribution is 2.47. The second-order valence-electron chi connectivity index (χ2n) is 25.3. The van der Waals surface area contributed by atoms with Gasteiger partial charge in [-0.1, -0.05) is 223 Å². The molecule has 12 atom stereocenters. The highest BCUT2D eigenvalue weighted by molar-refractivity contribution is 7.00. The Morgan fingerprint density at radius 2 is 1.14 bits per heavy atom. The first-order valence-corrected chi connectivity index (χ1v) is 36.2. The summed E-state index contributed by atoms with van der Waals surface area (Å²) in [5, 5.41) is 14.0. The van der Waals surface area contributed by atoms with E-state index in [1.165, 1.54) is 20.7 Å². The van der Waals surface area contributed by atoms with Crippen molar-refractivity contribution < 1.29 is 37.3 Å². The van der Waals surface area contributed by atoms with Gasteiger partial charge >= 0.3 is 0 Å². The van der Waals surface area contributed by atoms with Crippen LogP contribution in [0.1, 0.15) is 121 Å². The second-order valence-corrected chi connectivity index (χ2v) is 38.6. The summed E-state index contributed by atoms with van der Waals surface area (Å²) < 4.78 is 52.7. The molecule has 0 aliphatic carbocycles. The third-order valence-electron chi connectivity index (χ3n) is 18.5. The molecule has 0 bridgehead atoms. The van der Waals surface area contributed by atoms with E-state index >= 15 is 0 Å². The molecule has 4 aliphatic rings. The molecule has 1 N–H and O–H groups in total. The number of benzene rings is 4. The van der Waals surface area contributed by atoms with Gasteiger partial charge in [0.2, 0.25) is 0 Å². The molecular weight excluding hydrogens is 1020 g/mol. The molecule has 424 valence electrons. The van der Waals surface area contributed by atoms with E-state index < -0.39 is 25.0 Å². The van der Waals surface area contributed by atoms with Crippen LogP contribution in [0.4, 0.5) is 0 Å². The minimum atomic E-state index is -3.08. The highest BCUT2D eigenvalue weighted by Gasteiger charge is 2.58. The largest absolute Gasteiger partial charge is 0.411 e. The average Bonchev–Trinajstić information content (AvgIpc) is 3.88. The van der Waals surface area contributed by atoms with E-state index in [0.29, 0.717) is 31.8 Å². The zero-order chi connectivity index (χ0) is 55.9. The van der Waals surface area contributed by atoms with Crippen molar-refractivity contribution >= 4 is 45.7 Å². The van der Waals surface area contributed by atoms with Gasteiger partial charge in [-0.15, -0.1) is 0 Å². The first-order chi connectivity index (χ1) is 37.3. The Hall–Kier alpha value is -3.57. The standard InChI is InChI=1S/C67H96O8Si3/c1-14-76(15-2,16-3)75-65-51(7)64-62(72-63(65)46-60-50(6)48(4)44-53(71-60)39-40-58-49(5)45-52(70-58)30-29-42-68)47-61(74-78(67(11,12)13,56-35-25-19-26-36-56)57-37-27-20-28-38-57)59(73-64)41-43-69-77(66(8,9)10,54-31-21-17-22-32-54)55-33-23-18-24-34-55/h17-38,48,51-53,58-65,68H,5-6,14-16,39-47H2,1-4,7-13H3/b30-29+/t48-,51+,52+,53+,58+,59-,60-,61-,62+,63+,64+,65-/m1/s1. The Morgan fingerprint density at radius 3 is 1.64 bits per heavy atom. The first kappa shape index (κ1) is 60.5. The lowest BCUT2D eigenvalue weighted by molar-refractivity contribution is -0.264. The number of hydrogen-bond acceptors (Lipinski definition) is 8. The number of rotatable bonds is 22. The fraction of sp³-hybridized carbons (Fsp3) is 0.552. The van der Waals surface area contributed by atoms with Gasteiger partial charge in [0, 0.05) is 31.8 Å². The monoisotopic (exact) mass is 1110 g/mol. The van der Waals surface area contributed by atoms with Crippen molar-refractivity contribution in [3.8, 4) is 0 Å². The van der Waals surface area contributed by atoms with Gasteiger partial charge in [0.05, 0.1) is 67.6 Å². The van der Waals surface area contributed by atoms with Gasteiger partial charge in [0.1, 0.15) is 0 Å². The molecule has 4 aromatic carbocycles. The molecule has 8 nitrogen and oxygen atoms in total. The molecule has 4 aromatic rings. The molecule has 4 heterocycles. The Kier molecular flexibility index (Phi) is 20.3. The van der Waals surface area contributed by atoms with Crippen LogP contribution in [0.3, 0.4) is 0 Å². The third-order valence-corrected chi connectivity index (χ3v) is 33.2. The maximum atomic E-state index is 9.39. The molecule has 0 unspecified atom stereocenters. The maximum absolute atomic E-state index is 9.39. The molecule has 78 heavy (non-hydrogen) atoms. The van der Waals surface area contributed by atoms with Crippen LogP contribution in [-0.2, 0) is 32.2 Å². The van der Waals surface area contributed by atoms with E-state index in [9.17, 15) is 5.11 Å². The van der Waals surface area contributed by atoms with Gasteiger partial charge < -0.3 is 37.3 Å². The van der Waals surface area contributed by atoms with Gasteiger partial charge in [-0.05, 0) is 91.7 Å². The predicted molar refractivity (Wildman–Crippen MR) is 328 cm³/mol. The van der Waals surface area contributed by atoms with Crippen molar-refractivity contribution in [3.05, 3.63) is 158 Å². The van der Waals surface area contributed by atoms with Crippen molar-refractivity contribution in [1.29, 1.82) is 0 Å². The van der Waals surface area contributed by atoms with E-state index in [-0.39, 0.29) is 83.6 Å². The predicted octanol–water partition coefficient (Wildman–Crippen LogP) is 12.6. The van der Waals surface area contributed by atoms with Crippen LogP contribution >= 0.6 is 0 Å². The minimum absolute atomic E-state index is 0.00927. The van der Waals surface area contributed by atoms with Crippen LogP contribution in [0, 0.1) is 11.8 Å². The van der Waals surface area contributed by atoms with Crippen molar-refractivity contribution in [2.24, 2.45) is 11.8 Å². The van der Waals surface area contributed by atoms with E-state index in [2.05, 4.69) is 204 Å². The number of ether oxygens (including phenoxy) is 4. The summed E-state index contributed by atoms with van der Waals surface area (Å²) >= 11 is 0. The van der Waals surface area contributed by atoms with Crippen LogP contribution in [0.2, 0.25) is 28.2 Å². The number of fused-ring (bicyclic) bond motifs is 1. The molecule has 0 amide bonds. The van der Waals surface area contributed by atoms with Crippen molar-refractivity contribution in [1.82, 2.24) is 0 Å². The number of aliphatic hydroxyl groups excluding tert-OH is 1. The molecular formula is C67H96O8Si3. The van der Waals surface area contributed by atoms with Gasteiger partial charge in [0.25, 0.3) is 16.6 Å². The molecule has 4 saturated heterocycles. The minimum Gasteiger partial charge on any atom is -0.411 e. The van der Waals surface area contributed by atoms with Crippen LogP contribution in [0.25, 0.3) is 0 Å². The molecule has 8 rings (SSSR count). The summed E-state index contributed by atoms with van der Waals surface area (Å²) in [6.45, 7) is 35.4. The van der Waals surface area contributed by atoms with Gasteiger partial charge in [-0.3, -0.25) is 0 Å². The average molecular weight is 1110 g/mol. The van der Waals surface area contributed by atoms with Crippen LogP contribution in [-0.4, -0.2) is 104 Å². The quantitative estimate of drug-likeness (QED) is 0.0615. The van der Waals surface area contributed by atoms with E-state index in [0.717, 1.165) is 55.0 Å². The van der Waals surface area contributed by atoms with Crippen molar-refractivity contribution in [2.75, 3.05) is 13.2 Å². The Balaban J connectivity index is 1.15. The molecule has 11 heteroatoms. The summed E-state index contributed by atoms with van der Waals surface area (Å²) in [7, 11) is -8.11. The fourth-order valence-corrected chi connectivity index (χ4v) is 26.1. The summed E-state index contributed by atoms with van der Waals surface area (Å²) in [6.07, 6.45) is 7.44. The van der Waals surface area contributed by atoms with Crippen LogP contribution in [0.15, 0.2) is 158 Å². The summed E-state index contributed by atoms with van der Waals surface area (Å²) in [4.78, 5) is 0. The Labute approximate surface area is 473 Å². The van der Waals surface area contributed by atoms with E-state index in [1.807, 2.05) is 6.08 Å². The molecule has 0 radical (unpaired) electrons. The molecule has 4 aliphatic heterocycles. The lowest BCUT2D eigenvalue weighted by atomic mass is 9.79. The molecule has 4 fully saturated rings. The number of hydrogen-bond donors (Lipinski definition) is 1. The number of aliphatic hydroxyl groups is 1. The van der Waals surface area contributed by atoms with Crippen molar-refractivity contribution in [2.45, 2.75) is 210 Å². The zero-order valence-electron chi connectivity index (χ0n) is 49.3. The van der Waals surface area contributed by atoms with E-state index in [4.69, 9.17) is 38.8 Å². The van der Waals surface area contributed by atoms with Gasteiger partial charge in [0.15, 0.2) is 8.32 Å². The SMILES string of the molecule is C=C1C[C@H](/C=C/CO)O[C@H]1CC[C@H]1C[C@@H](C)C(=C)[C@@H](C[C@@H]2O[C@H]3C[C@@H](O[Si](c4ccccc4)(c4ccccc4)C(C)(C)C)[C@@H](CCO[Si](c4ccccc4)(c4ccccc4)C(C)(C)C)O[C@H]3[C@H](C)[C@H]2O[Si](CC)(CC)CC)O1.